The molecule has 0 spiro atoms. The highest BCUT2D eigenvalue weighted by atomic mass is 16.2. The lowest BCUT2D eigenvalue weighted by Crippen LogP contribution is -2.66. The van der Waals surface area contributed by atoms with Crippen molar-refractivity contribution in [3.8, 4) is 11.1 Å². The van der Waals surface area contributed by atoms with Gasteiger partial charge in [-0.25, -0.2) is 0 Å². The van der Waals surface area contributed by atoms with Gasteiger partial charge in [-0.3, -0.25) is 38.4 Å². The fourth-order valence-corrected chi connectivity index (χ4v) is 12.0. The Hall–Kier alpha value is -7.44. The number of benzene rings is 4. The summed E-state index contributed by atoms with van der Waals surface area (Å²) in [6.45, 7) is 15.3. The summed E-state index contributed by atoms with van der Waals surface area (Å²) in [6.07, 6.45) is 5.29. The summed E-state index contributed by atoms with van der Waals surface area (Å²) in [4.78, 5) is 119. The van der Waals surface area contributed by atoms with E-state index < -0.39 is 47.1 Å². The summed E-state index contributed by atoms with van der Waals surface area (Å²) in [6, 6.07) is 26.1. The average Bonchev–Trinajstić information content (AvgIpc) is 3.68. The molecule has 4 aromatic rings. The predicted molar refractivity (Wildman–Crippen MR) is 324 cm³/mol. The zero-order chi connectivity index (χ0) is 60.6. The number of carbonyl (C=O) groups excluding carboxylic acids is 8. The highest BCUT2D eigenvalue weighted by Gasteiger charge is 2.46. The quantitative estimate of drug-likeness (QED) is 0.0814. The van der Waals surface area contributed by atoms with E-state index in [9.17, 15) is 38.4 Å². The average molecular weight is 1150 g/mol. The number of fused-ring (bicyclic) bond motifs is 2. The van der Waals surface area contributed by atoms with Gasteiger partial charge in [-0.2, -0.15) is 0 Å². The summed E-state index contributed by atoms with van der Waals surface area (Å²) < 4.78 is 0. The second-order valence-electron chi connectivity index (χ2n) is 25.5. The van der Waals surface area contributed by atoms with E-state index in [1.807, 2.05) is 126 Å². The van der Waals surface area contributed by atoms with Crippen LogP contribution in [0.1, 0.15) is 127 Å². The number of hydrogen-bond donors (Lipinski definition) is 6. The van der Waals surface area contributed by atoms with Crippen molar-refractivity contribution >= 4 is 47.3 Å². The number of hydrogen-bond acceptors (Lipinski definition) is 10. The lowest BCUT2D eigenvalue weighted by Gasteiger charge is -2.44. The maximum Gasteiger partial charge on any atom is 0.246 e. The zero-order valence-electron chi connectivity index (χ0n) is 50.8. The summed E-state index contributed by atoms with van der Waals surface area (Å²) in [5.41, 5.74) is 6.46. The van der Waals surface area contributed by atoms with Crippen LogP contribution in [0.3, 0.4) is 0 Å². The molecule has 0 bridgehead atoms. The zero-order valence-corrected chi connectivity index (χ0v) is 50.8. The van der Waals surface area contributed by atoms with Crippen LogP contribution in [0.4, 0.5) is 0 Å². The van der Waals surface area contributed by atoms with Crippen molar-refractivity contribution in [3.05, 3.63) is 130 Å². The van der Waals surface area contributed by atoms with Gasteiger partial charge in [0.25, 0.3) is 0 Å². The molecule has 2 aliphatic carbocycles. The van der Waals surface area contributed by atoms with E-state index >= 15 is 0 Å². The van der Waals surface area contributed by atoms with Crippen molar-refractivity contribution in [2.24, 2.45) is 10.8 Å². The molecule has 18 nitrogen and oxygen atoms in total. The molecule has 8 amide bonds. The van der Waals surface area contributed by atoms with E-state index in [2.05, 4.69) is 44.0 Å². The van der Waals surface area contributed by atoms with Crippen LogP contribution >= 0.6 is 0 Å². The van der Waals surface area contributed by atoms with Gasteiger partial charge in [-0.05, 0) is 122 Å². The molecule has 8 rings (SSSR count). The van der Waals surface area contributed by atoms with Gasteiger partial charge in [0.05, 0.1) is 50.1 Å². The molecule has 2 heterocycles. The van der Waals surface area contributed by atoms with Crippen LogP contribution in [0, 0.1) is 10.8 Å². The van der Waals surface area contributed by atoms with E-state index in [4.69, 9.17) is 0 Å². The van der Waals surface area contributed by atoms with Gasteiger partial charge in [0.1, 0.15) is 24.2 Å². The standard InChI is InChI=1S/C66H88N10O8/c1-41(67-9)59(79)71-57(65(3,4)5)63(83)75-35-33-73(39-53(75)61(81)69-51-23-15-19-47-17-11-13-21-49(47)51)55(77)37-43-25-29-45(30-26-43)46-31-27-44(28-32-46)38-56(78)74-34-36-76(64(84)58(66(6,7)8)72-60(80)42(2)68-10)54(40-74)62(82)70-52-24-16-20-48-18-12-14-22-50(48)52/h11-14,17-18,21-22,25-32,41-42,51-54,57-58,67-68H,15-16,19-20,23-24,33-40H2,1-10H3,(H,69,81)(H,70,82)(H,71,79)(H,72,80)/t41-,42-,51+,52+,53-,54-,57+,58+/m0/s1. The van der Waals surface area contributed by atoms with Crippen molar-refractivity contribution in [2.75, 3.05) is 53.4 Å². The number of amides is 8. The molecule has 84 heavy (non-hydrogen) atoms. The first-order valence-electron chi connectivity index (χ1n) is 30.0. The van der Waals surface area contributed by atoms with Crippen molar-refractivity contribution in [2.45, 2.75) is 155 Å². The summed E-state index contributed by atoms with van der Waals surface area (Å²) in [7, 11) is 3.35. The largest absolute Gasteiger partial charge is 0.347 e. The maximum atomic E-state index is 14.6. The Morgan fingerprint density at radius 2 is 0.857 bits per heavy atom. The SMILES string of the molecule is CN[C@@H](C)C(=O)N[C@H](C(=O)N1CCN(C(=O)Cc2ccc(-c3ccc(CC(=O)N4CCN(C(=O)[C@@H](NC(=O)[C@H](C)NC)C(C)(C)C)[C@H](C(=O)N[C@@H]5CCCc6ccccc65)C4)cc3)cc2)C[C@H]1C(=O)N[C@@H]1CCCc2ccccc21)C(C)(C)C. The summed E-state index contributed by atoms with van der Waals surface area (Å²) in [5.74, 6) is -2.47. The molecular formula is C66H88N10O8. The van der Waals surface area contributed by atoms with Gasteiger partial charge in [0.2, 0.25) is 47.3 Å². The number of nitrogens with zero attached hydrogens (tertiary/aromatic N) is 4. The summed E-state index contributed by atoms with van der Waals surface area (Å²) in [5, 5.41) is 18.3. The normalized spacial score (nSPS) is 20.5. The van der Waals surface area contributed by atoms with Crippen LogP contribution in [0.15, 0.2) is 97.1 Å². The van der Waals surface area contributed by atoms with Crippen molar-refractivity contribution in [1.82, 2.24) is 51.5 Å². The molecule has 0 unspecified atom stereocenters. The molecule has 4 aliphatic rings. The molecular weight excluding hydrogens is 1060 g/mol. The van der Waals surface area contributed by atoms with E-state index in [1.165, 1.54) is 11.1 Å². The first kappa shape index (κ1) is 62.6. The van der Waals surface area contributed by atoms with Gasteiger partial charge >= 0.3 is 0 Å². The predicted octanol–water partition coefficient (Wildman–Crippen LogP) is 5.18. The third-order valence-corrected chi connectivity index (χ3v) is 17.4. The molecule has 2 saturated heterocycles. The molecule has 18 heteroatoms. The lowest BCUT2D eigenvalue weighted by molar-refractivity contribution is -0.152. The number of rotatable bonds is 17. The summed E-state index contributed by atoms with van der Waals surface area (Å²) >= 11 is 0. The van der Waals surface area contributed by atoms with Gasteiger partial charge in [0.15, 0.2) is 0 Å². The molecule has 2 aliphatic heterocycles. The molecule has 0 saturated carbocycles. The minimum Gasteiger partial charge on any atom is -0.347 e. The monoisotopic (exact) mass is 1150 g/mol. The number of carbonyl (C=O) groups is 8. The van der Waals surface area contributed by atoms with Crippen LogP contribution in [0.25, 0.3) is 11.1 Å². The van der Waals surface area contributed by atoms with Crippen LogP contribution < -0.4 is 31.9 Å². The molecule has 8 atom stereocenters. The smallest absolute Gasteiger partial charge is 0.246 e. The van der Waals surface area contributed by atoms with E-state index in [-0.39, 0.29) is 111 Å². The number of likely N-dealkylation sites (N-methyl/N-ethyl adjacent to an activating group) is 2. The Morgan fingerprint density at radius 1 is 0.500 bits per heavy atom. The number of aryl methyl sites for hydroxylation is 2. The van der Waals surface area contributed by atoms with Gasteiger partial charge < -0.3 is 51.5 Å². The van der Waals surface area contributed by atoms with Crippen molar-refractivity contribution < 1.29 is 38.4 Å². The first-order chi connectivity index (χ1) is 39.9. The van der Waals surface area contributed by atoms with E-state index in [0.29, 0.717) is 0 Å². The van der Waals surface area contributed by atoms with Crippen molar-refractivity contribution in [3.63, 3.8) is 0 Å². The molecule has 0 aromatic heterocycles. The molecule has 4 aromatic carbocycles. The number of piperazine rings is 2. The van der Waals surface area contributed by atoms with Gasteiger partial charge in [0, 0.05) is 26.2 Å². The maximum absolute atomic E-state index is 14.6. The van der Waals surface area contributed by atoms with Gasteiger partial charge in [-0.1, -0.05) is 139 Å². The third kappa shape index (κ3) is 14.9. The van der Waals surface area contributed by atoms with E-state index in [1.54, 1.807) is 47.5 Å². The van der Waals surface area contributed by atoms with Crippen LogP contribution in [-0.4, -0.2) is 156 Å². The molecule has 450 valence electrons. The Labute approximate surface area is 496 Å². The fraction of sp³-hybridized carbons (Fsp3) is 0.515. The minimum atomic E-state index is -0.997. The van der Waals surface area contributed by atoms with E-state index in [0.717, 1.165) is 71.9 Å². The Kier molecular flexibility index (Phi) is 20.2. The Bertz CT molecular complexity index is 2840. The third-order valence-electron chi connectivity index (χ3n) is 17.4. The molecule has 6 N–H and O–H groups in total. The first-order valence-corrected chi connectivity index (χ1v) is 30.0. The van der Waals surface area contributed by atoms with Gasteiger partial charge in [-0.15, -0.1) is 0 Å². The van der Waals surface area contributed by atoms with Crippen LogP contribution in [0.5, 0.6) is 0 Å². The second kappa shape index (κ2) is 27.1. The highest BCUT2D eigenvalue weighted by molar-refractivity contribution is 5.96. The Morgan fingerprint density at radius 3 is 1.20 bits per heavy atom. The highest BCUT2D eigenvalue weighted by Crippen LogP contribution is 2.33. The Balaban J connectivity index is 0.924. The lowest BCUT2D eigenvalue weighted by atomic mass is 9.85. The number of nitrogens with one attached hydrogen (secondary N) is 6. The molecule has 2 fully saturated rings. The molecule has 0 radical (unpaired) electrons. The topological polar surface area (TPSA) is 222 Å². The minimum absolute atomic E-state index is 0.00720. The van der Waals surface area contributed by atoms with Crippen LogP contribution in [-0.2, 0) is 64.0 Å². The van der Waals surface area contributed by atoms with Crippen molar-refractivity contribution in [1.29, 1.82) is 0 Å². The fourth-order valence-electron chi connectivity index (χ4n) is 12.0. The van der Waals surface area contributed by atoms with Crippen LogP contribution in [0.2, 0.25) is 0 Å². The second-order valence-corrected chi connectivity index (χ2v) is 25.5.